The van der Waals surface area contributed by atoms with Gasteiger partial charge in [0.2, 0.25) is 11.9 Å². The molecule has 198 valence electrons. The van der Waals surface area contributed by atoms with Crippen LogP contribution >= 0.6 is 0 Å². The SMILES string of the molecule is C=C/C(Nc1ncc(C(F)(F)F)c(NCCCN2CCCCC2=O)n1)=C(C)\C=C(/C)N1CCOCC1. The molecule has 2 aliphatic heterocycles. The van der Waals surface area contributed by atoms with E-state index in [9.17, 15) is 18.0 Å². The number of nitrogens with one attached hydrogen (secondary N) is 2. The van der Waals surface area contributed by atoms with Crippen LogP contribution in [0.5, 0.6) is 0 Å². The van der Waals surface area contributed by atoms with Crippen LogP contribution in [-0.4, -0.2) is 71.6 Å². The molecule has 0 saturated carbocycles. The van der Waals surface area contributed by atoms with Crippen molar-refractivity contribution in [3.05, 3.63) is 47.5 Å². The van der Waals surface area contributed by atoms with E-state index in [-0.39, 0.29) is 24.2 Å². The van der Waals surface area contributed by atoms with Crippen LogP contribution in [0.1, 0.15) is 45.1 Å². The van der Waals surface area contributed by atoms with Crippen LogP contribution in [0, 0.1) is 0 Å². The van der Waals surface area contributed by atoms with Crippen molar-refractivity contribution in [3.8, 4) is 0 Å². The van der Waals surface area contributed by atoms with E-state index in [1.54, 1.807) is 11.0 Å². The standard InChI is InChI=1S/C25H35F3N6O2/c1-4-21(18(2)16-19(3)33-12-14-36-15-13-33)31-24-30-17-20(25(26,27)28)23(32-24)29-9-7-11-34-10-6-5-8-22(34)35/h4,16-17H,1,5-15H2,2-3H3,(H2,29,30,31,32)/b19-16+,21-18+. The number of ether oxygens (including phenoxy) is 1. The number of morpholine rings is 1. The molecule has 3 heterocycles. The second-order valence-corrected chi connectivity index (χ2v) is 8.88. The summed E-state index contributed by atoms with van der Waals surface area (Å²) in [6.07, 6.45) is 2.64. The predicted octanol–water partition coefficient (Wildman–Crippen LogP) is 4.42. The lowest BCUT2D eigenvalue weighted by molar-refractivity contribution is -0.137. The summed E-state index contributed by atoms with van der Waals surface area (Å²) < 4.78 is 46.1. The minimum absolute atomic E-state index is 0.0309. The predicted molar refractivity (Wildman–Crippen MR) is 133 cm³/mol. The highest BCUT2D eigenvalue weighted by Gasteiger charge is 2.35. The number of rotatable bonds is 10. The lowest BCUT2D eigenvalue weighted by Crippen LogP contribution is -2.36. The Labute approximate surface area is 210 Å². The van der Waals surface area contributed by atoms with Gasteiger partial charge in [0.1, 0.15) is 11.4 Å². The van der Waals surface area contributed by atoms with Crippen LogP contribution in [0.15, 0.2) is 41.9 Å². The number of anilines is 2. The Balaban J connectivity index is 1.71. The lowest BCUT2D eigenvalue weighted by Gasteiger charge is -2.29. The van der Waals surface area contributed by atoms with E-state index in [1.807, 2.05) is 19.9 Å². The number of halogens is 3. The molecule has 2 saturated heterocycles. The highest BCUT2D eigenvalue weighted by molar-refractivity contribution is 5.76. The minimum atomic E-state index is -4.60. The second kappa shape index (κ2) is 12.8. The fourth-order valence-electron chi connectivity index (χ4n) is 4.19. The zero-order valence-corrected chi connectivity index (χ0v) is 21.0. The van der Waals surface area contributed by atoms with Gasteiger partial charge in [-0.1, -0.05) is 6.58 Å². The van der Waals surface area contributed by atoms with Gasteiger partial charge >= 0.3 is 6.18 Å². The van der Waals surface area contributed by atoms with Crippen molar-refractivity contribution in [1.29, 1.82) is 0 Å². The Kier molecular flexibility index (Phi) is 9.74. The molecule has 0 unspecified atom stereocenters. The molecule has 0 spiro atoms. The van der Waals surface area contributed by atoms with E-state index in [1.165, 1.54) is 0 Å². The first-order valence-corrected chi connectivity index (χ1v) is 12.3. The number of hydrogen-bond acceptors (Lipinski definition) is 7. The van der Waals surface area contributed by atoms with Crippen LogP contribution in [-0.2, 0) is 15.7 Å². The number of carbonyl (C=O) groups is 1. The van der Waals surface area contributed by atoms with Gasteiger partial charge in [-0.05, 0) is 50.8 Å². The molecule has 1 amide bonds. The van der Waals surface area contributed by atoms with Crippen molar-refractivity contribution in [1.82, 2.24) is 19.8 Å². The first-order chi connectivity index (χ1) is 17.2. The number of allylic oxidation sites excluding steroid dienone is 4. The Bertz CT molecular complexity index is 986. The zero-order chi connectivity index (χ0) is 26.1. The van der Waals surface area contributed by atoms with Gasteiger partial charge in [0.15, 0.2) is 0 Å². The molecule has 2 aliphatic rings. The van der Waals surface area contributed by atoms with Crippen molar-refractivity contribution >= 4 is 17.7 Å². The maximum absolute atomic E-state index is 13.6. The highest BCUT2D eigenvalue weighted by Crippen LogP contribution is 2.34. The van der Waals surface area contributed by atoms with Crippen molar-refractivity contribution in [2.24, 2.45) is 0 Å². The number of alkyl halides is 3. The van der Waals surface area contributed by atoms with Gasteiger partial charge in [0, 0.05) is 56.7 Å². The molecule has 1 aromatic rings. The number of nitrogens with zero attached hydrogens (tertiary/aromatic N) is 4. The molecule has 1 aromatic heterocycles. The lowest BCUT2D eigenvalue weighted by atomic mass is 10.1. The molecule has 11 heteroatoms. The molecule has 0 aromatic carbocycles. The molecule has 0 bridgehead atoms. The largest absolute Gasteiger partial charge is 0.421 e. The summed E-state index contributed by atoms with van der Waals surface area (Å²) in [6, 6.07) is 0. The van der Waals surface area contributed by atoms with Crippen molar-refractivity contribution in [2.75, 3.05) is 56.6 Å². The fourth-order valence-corrected chi connectivity index (χ4v) is 4.19. The third kappa shape index (κ3) is 7.71. The molecule has 0 aliphatic carbocycles. The van der Waals surface area contributed by atoms with Crippen LogP contribution in [0.4, 0.5) is 24.9 Å². The van der Waals surface area contributed by atoms with Gasteiger partial charge in [0.05, 0.1) is 13.2 Å². The van der Waals surface area contributed by atoms with E-state index in [4.69, 9.17) is 4.74 Å². The number of likely N-dealkylation sites (tertiary alicyclic amines) is 1. The highest BCUT2D eigenvalue weighted by atomic mass is 19.4. The van der Waals surface area contributed by atoms with Gasteiger partial charge in [-0.25, -0.2) is 4.98 Å². The van der Waals surface area contributed by atoms with E-state index in [0.717, 1.165) is 43.4 Å². The smallest absolute Gasteiger partial charge is 0.378 e. The summed E-state index contributed by atoms with van der Waals surface area (Å²) in [5, 5.41) is 5.78. The summed E-state index contributed by atoms with van der Waals surface area (Å²) >= 11 is 0. The van der Waals surface area contributed by atoms with E-state index in [2.05, 4.69) is 32.1 Å². The van der Waals surface area contributed by atoms with Gasteiger partial charge in [-0.3, -0.25) is 4.79 Å². The molecular weight excluding hydrogens is 473 g/mol. The Morgan fingerprint density at radius 1 is 1.22 bits per heavy atom. The van der Waals surface area contributed by atoms with E-state index < -0.39 is 11.7 Å². The van der Waals surface area contributed by atoms with Crippen LogP contribution in [0.25, 0.3) is 0 Å². The van der Waals surface area contributed by atoms with Gasteiger partial charge in [0.25, 0.3) is 0 Å². The first-order valence-electron chi connectivity index (χ1n) is 12.3. The molecule has 36 heavy (non-hydrogen) atoms. The monoisotopic (exact) mass is 508 g/mol. The number of hydrogen-bond donors (Lipinski definition) is 2. The summed E-state index contributed by atoms with van der Waals surface area (Å²) in [5.74, 6) is -0.169. The molecule has 2 fully saturated rings. The fraction of sp³-hybridized carbons (Fsp3) is 0.560. The second-order valence-electron chi connectivity index (χ2n) is 8.88. The summed E-state index contributed by atoms with van der Waals surface area (Å²) in [4.78, 5) is 23.9. The Morgan fingerprint density at radius 2 is 1.97 bits per heavy atom. The van der Waals surface area contributed by atoms with Gasteiger partial charge in [-0.2, -0.15) is 18.2 Å². The van der Waals surface area contributed by atoms with Crippen molar-refractivity contribution in [2.45, 2.75) is 45.7 Å². The van der Waals surface area contributed by atoms with E-state index >= 15 is 0 Å². The van der Waals surface area contributed by atoms with Crippen LogP contribution < -0.4 is 10.6 Å². The Hall–Kier alpha value is -3.08. The number of aromatic nitrogens is 2. The first kappa shape index (κ1) is 27.5. The molecule has 8 nitrogen and oxygen atoms in total. The number of carbonyl (C=O) groups excluding carboxylic acids is 1. The summed E-state index contributed by atoms with van der Waals surface area (Å²) in [7, 11) is 0. The summed E-state index contributed by atoms with van der Waals surface area (Å²) in [5.41, 5.74) is 1.56. The molecule has 2 N–H and O–H groups in total. The molecule has 0 atom stereocenters. The topological polar surface area (TPSA) is 82.6 Å². The minimum Gasteiger partial charge on any atom is -0.378 e. The Morgan fingerprint density at radius 3 is 2.64 bits per heavy atom. The number of piperidine rings is 1. The molecular formula is C25H35F3N6O2. The van der Waals surface area contributed by atoms with Gasteiger partial charge < -0.3 is 25.2 Å². The van der Waals surface area contributed by atoms with Gasteiger partial charge in [-0.15, -0.1) is 0 Å². The van der Waals surface area contributed by atoms with Crippen LogP contribution in [0.2, 0.25) is 0 Å². The third-order valence-electron chi connectivity index (χ3n) is 6.22. The molecule has 3 rings (SSSR count). The maximum atomic E-state index is 13.6. The summed E-state index contributed by atoms with van der Waals surface area (Å²) in [6.45, 7) is 12.1. The van der Waals surface area contributed by atoms with Crippen molar-refractivity contribution < 1.29 is 22.7 Å². The average molecular weight is 509 g/mol. The van der Waals surface area contributed by atoms with Crippen LogP contribution in [0.3, 0.4) is 0 Å². The van der Waals surface area contributed by atoms with Crippen molar-refractivity contribution in [3.63, 3.8) is 0 Å². The zero-order valence-electron chi connectivity index (χ0n) is 21.0. The normalized spacial score (nSPS) is 18.1. The number of amides is 1. The van der Waals surface area contributed by atoms with E-state index in [0.29, 0.717) is 44.8 Å². The molecule has 0 radical (unpaired) electrons. The quantitative estimate of drug-likeness (QED) is 0.358. The average Bonchev–Trinajstić information content (AvgIpc) is 2.86. The third-order valence-corrected chi connectivity index (χ3v) is 6.22. The maximum Gasteiger partial charge on any atom is 0.421 e.